The van der Waals surface area contributed by atoms with Gasteiger partial charge in [-0.3, -0.25) is 4.79 Å². The summed E-state index contributed by atoms with van der Waals surface area (Å²) in [5.41, 5.74) is 0. The van der Waals surface area contributed by atoms with E-state index >= 15 is 0 Å². The maximum absolute atomic E-state index is 11.9. The first-order chi connectivity index (χ1) is 8.35. The zero-order chi connectivity index (χ0) is 13.8. The lowest BCUT2D eigenvalue weighted by atomic mass is 10.3. The van der Waals surface area contributed by atoms with Gasteiger partial charge in [-0.1, -0.05) is 0 Å². The Bertz CT molecular complexity index is 385. The molecule has 106 valence electrons. The molecule has 0 aromatic rings. The van der Waals surface area contributed by atoms with E-state index in [1.54, 1.807) is 11.8 Å². The van der Waals surface area contributed by atoms with E-state index < -0.39 is 16.2 Å². The van der Waals surface area contributed by atoms with Crippen LogP contribution in [0.2, 0.25) is 0 Å². The molecule has 1 aliphatic rings. The fraction of sp³-hybridized carbons (Fsp3) is 0.900. The van der Waals surface area contributed by atoms with Crippen LogP contribution in [0, 0.1) is 0 Å². The van der Waals surface area contributed by atoms with Gasteiger partial charge >= 0.3 is 5.97 Å². The molecule has 1 rings (SSSR count). The number of rotatable bonds is 7. The third-order valence-corrected chi connectivity index (χ3v) is 5.81. The second-order valence-corrected chi connectivity index (χ2v) is 7.40. The van der Waals surface area contributed by atoms with E-state index in [0.29, 0.717) is 5.25 Å². The van der Waals surface area contributed by atoms with Crippen LogP contribution in [0.15, 0.2) is 0 Å². The van der Waals surface area contributed by atoms with Gasteiger partial charge in [0.25, 0.3) is 10.2 Å². The van der Waals surface area contributed by atoms with Gasteiger partial charge in [0.15, 0.2) is 0 Å². The standard InChI is InChI=1S/C10H20N2O4S2/c1-12(6-5-10(13)14)18(15,16)11-8-3-4-9(7-8)17-2/h8-9,11H,3-7H2,1-2H3,(H,13,14). The summed E-state index contributed by atoms with van der Waals surface area (Å²) in [6, 6.07) is -0.0280. The summed E-state index contributed by atoms with van der Waals surface area (Å²) < 4.78 is 27.5. The molecule has 6 nitrogen and oxygen atoms in total. The largest absolute Gasteiger partial charge is 0.481 e. The van der Waals surface area contributed by atoms with Gasteiger partial charge < -0.3 is 5.11 Å². The number of hydrogen-bond acceptors (Lipinski definition) is 4. The Morgan fingerprint density at radius 1 is 1.50 bits per heavy atom. The van der Waals surface area contributed by atoms with Crippen LogP contribution in [-0.2, 0) is 15.0 Å². The highest BCUT2D eigenvalue weighted by molar-refractivity contribution is 7.99. The van der Waals surface area contributed by atoms with Gasteiger partial charge in [-0.05, 0) is 25.5 Å². The van der Waals surface area contributed by atoms with Gasteiger partial charge in [-0.15, -0.1) is 0 Å². The van der Waals surface area contributed by atoms with E-state index in [2.05, 4.69) is 4.72 Å². The van der Waals surface area contributed by atoms with Crippen molar-refractivity contribution in [2.45, 2.75) is 37.0 Å². The summed E-state index contributed by atoms with van der Waals surface area (Å²) in [4.78, 5) is 10.4. The Labute approximate surface area is 112 Å². The van der Waals surface area contributed by atoms with E-state index in [9.17, 15) is 13.2 Å². The Balaban J connectivity index is 2.46. The summed E-state index contributed by atoms with van der Waals surface area (Å²) in [6.07, 6.45) is 4.55. The average Bonchev–Trinajstić information content (AvgIpc) is 2.72. The molecule has 0 bridgehead atoms. The third-order valence-electron chi connectivity index (χ3n) is 3.08. The van der Waals surface area contributed by atoms with Gasteiger partial charge in [0.1, 0.15) is 0 Å². The van der Waals surface area contributed by atoms with Crippen molar-refractivity contribution >= 4 is 27.9 Å². The van der Waals surface area contributed by atoms with Crippen LogP contribution in [0.1, 0.15) is 25.7 Å². The molecule has 0 radical (unpaired) electrons. The van der Waals surface area contributed by atoms with Gasteiger partial charge in [-0.25, -0.2) is 0 Å². The number of aliphatic carboxylic acids is 1. The summed E-state index contributed by atoms with van der Waals surface area (Å²) >= 11 is 1.76. The fourth-order valence-electron chi connectivity index (χ4n) is 1.94. The van der Waals surface area contributed by atoms with Crippen LogP contribution in [0.3, 0.4) is 0 Å². The van der Waals surface area contributed by atoms with Crippen molar-refractivity contribution in [1.29, 1.82) is 0 Å². The molecule has 0 aromatic carbocycles. The third kappa shape index (κ3) is 4.75. The highest BCUT2D eigenvalue weighted by Gasteiger charge is 2.29. The predicted molar refractivity (Wildman–Crippen MR) is 71.9 cm³/mol. The minimum atomic E-state index is -3.56. The monoisotopic (exact) mass is 296 g/mol. The minimum absolute atomic E-state index is 0.0106. The maximum Gasteiger partial charge on any atom is 0.304 e. The van der Waals surface area contributed by atoms with Gasteiger partial charge in [-0.2, -0.15) is 29.2 Å². The van der Waals surface area contributed by atoms with Crippen LogP contribution in [-0.4, -0.2) is 54.9 Å². The molecule has 2 atom stereocenters. The Morgan fingerprint density at radius 2 is 2.17 bits per heavy atom. The summed E-state index contributed by atoms with van der Waals surface area (Å²) in [5, 5.41) is 9.05. The Morgan fingerprint density at radius 3 is 2.67 bits per heavy atom. The molecule has 2 N–H and O–H groups in total. The summed E-state index contributed by atoms with van der Waals surface area (Å²) in [5.74, 6) is -1.000. The first-order valence-electron chi connectivity index (χ1n) is 5.83. The Kier molecular flexibility index (Phi) is 5.90. The van der Waals surface area contributed by atoms with Gasteiger partial charge in [0.05, 0.1) is 6.42 Å². The van der Waals surface area contributed by atoms with Crippen LogP contribution in [0.25, 0.3) is 0 Å². The number of hydrogen-bond donors (Lipinski definition) is 2. The highest BCUT2D eigenvalue weighted by atomic mass is 32.2. The normalized spacial score (nSPS) is 24.6. The van der Waals surface area contributed by atoms with Gasteiger partial charge in [0.2, 0.25) is 0 Å². The number of nitrogens with one attached hydrogen (secondary N) is 1. The maximum atomic E-state index is 11.9. The average molecular weight is 296 g/mol. The van der Waals surface area contributed by atoms with E-state index in [0.717, 1.165) is 23.6 Å². The quantitative estimate of drug-likeness (QED) is 0.715. The molecular weight excluding hydrogens is 276 g/mol. The lowest BCUT2D eigenvalue weighted by molar-refractivity contribution is -0.137. The van der Waals surface area contributed by atoms with E-state index in [1.807, 2.05) is 6.26 Å². The first-order valence-corrected chi connectivity index (χ1v) is 8.56. The van der Waals surface area contributed by atoms with Crippen LogP contribution in [0.5, 0.6) is 0 Å². The molecule has 0 amide bonds. The molecule has 0 spiro atoms. The van der Waals surface area contributed by atoms with Crippen molar-refractivity contribution < 1.29 is 18.3 Å². The molecule has 0 aliphatic heterocycles. The molecule has 1 aliphatic carbocycles. The van der Waals surface area contributed by atoms with Crippen LogP contribution < -0.4 is 4.72 Å². The molecule has 1 fully saturated rings. The topological polar surface area (TPSA) is 86.7 Å². The van der Waals surface area contributed by atoms with Crippen molar-refractivity contribution in [2.75, 3.05) is 19.8 Å². The molecule has 1 saturated carbocycles. The summed E-state index contributed by atoms with van der Waals surface area (Å²) in [7, 11) is -2.17. The molecular formula is C10H20N2O4S2. The number of thioether (sulfide) groups is 1. The SMILES string of the molecule is CSC1CCC(NS(=O)(=O)N(C)CCC(=O)O)C1. The van der Waals surface area contributed by atoms with Gasteiger partial charge in [0, 0.05) is 24.9 Å². The fourth-order valence-corrected chi connectivity index (χ4v) is 3.88. The minimum Gasteiger partial charge on any atom is -0.481 e. The van der Waals surface area contributed by atoms with Crippen molar-refractivity contribution in [3.8, 4) is 0 Å². The van der Waals surface area contributed by atoms with Crippen molar-refractivity contribution in [3.63, 3.8) is 0 Å². The second-order valence-electron chi connectivity index (χ2n) is 4.46. The van der Waals surface area contributed by atoms with Crippen molar-refractivity contribution in [1.82, 2.24) is 9.03 Å². The zero-order valence-corrected chi connectivity index (χ0v) is 12.3. The lowest BCUT2D eigenvalue weighted by Gasteiger charge is -2.20. The predicted octanol–water partition coefficient (Wildman–Crippen LogP) is 0.511. The van der Waals surface area contributed by atoms with E-state index in [4.69, 9.17) is 5.11 Å². The number of carboxylic acid groups (broad SMARTS) is 1. The van der Waals surface area contributed by atoms with Crippen molar-refractivity contribution in [2.24, 2.45) is 0 Å². The highest BCUT2D eigenvalue weighted by Crippen LogP contribution is 2.28. The molecule has 8 heteroatoms. The zero-order valence-electron chi connectivity index (χ0n) is 10.6. The number of carbonyl (C=O) groups is 1. The summed E-state index contributed by atoms with van der Waals surface area (Å²) in [6.45, 7) is -0.0106. The Hall–Kier alpha value is -0.310. The molecule has 18 heavy (non-hydrogen) atoms. The molecule has 0 aromatic heterocycles. The molecule has 0 heterocycles. The van der Waals surface area contributed by atoms with Crippen molar-refractivity contribution in [3.05, 3.63) is 0 Å². The van der Waals surface area contributed by atoms with E-state index in [1.165, 1.54) is 7.05 Å². The van der Waals surface area contributed by atoms with Crippen LogP contribution in [0.4, 0.5) is 0 Å². The second kappa shape index (κ2) is 6.74. The molecule has 0 saturated heterocycles. The molecule has 2 unspecified atom stereocenters. The number of carboxylic acids is 1. The lowest BCUT2D eigenvalue weighted by Crippen LogP contribution is -2.43. The van der Waals surface area contributed by atoms with E-state index in [-0.39, 0.29) is 19.0 Å². The smallest absolute Gasteiger partial charge is 0.304 e. The first kappa shape index (κ1) is 15.7. The van der Waals surface area contributed by atoms with Crippen LogP contribution >= 0.6 is 11.8 Å². The number of nitrogens with zero attached hydrogens (tertiary/aromatic N) is 1.